The van der Waals surface area contributed by atoms with E-state index in [9.17, 15) is 19.2 Å². The number of hydrogen-bond acceptors (Lipinski definition) is 5. The fourth-order valence-corrected chi connectivity index (χ4v) is 3.71. The Labute approximate surface area is 220 Å². The number of rotatable bonds is 9. The van der Waals surface area contributed by atoms with Gasteiger partial charge >= 0.3 is 0 Å². The van der Waals surface area contributed by atoms with Crippen LogP contribution < -0.4 is 20.1 Å². The van der Waals surface area contributed by atoms with Gasteiger partial charge in [-0.1, -0.05) is 23.7 Å². The van der Waals surface area contributed by atoms with Gasteiger partial charge in [-0.25, -0.2) is 4.39 Å². The number of anilines is 2. The van der Waals surface area contributed by atoms with E-state index in [1.165, 1.54) is 24.3 Å². The van der Waals surface area contributed by atoms with Crippen molar-refractivity contribution < 1.29 is 23.5 Å². The van der Waals surface area contributed by atoms with Gasteiger partial charge in [0.05, 0.1) is 16.8 Å². The Hall–Kier alpha value is -3.87. The van der Waals surface area contributed by atoms with Gasteiger partial charge in [-0.3, -0.25) is 9.59 Å². The molecule has 3 aromatic rings. The summed E-state index contributed by atoms with van der Waals surface area (Å²) in [4.78, 5) is 24.8. The zero-order chi connectivity index (χ0) is 26.1. The first kappa shape index (κ1) is 26.7. The van der Waals surface area contributed by atoms with Gasteiger partial charge in [0.1, 0.15) is 17.5 Å². The van der Waals surface area contributed by atoms with Crippen LogP contribution in [0.2, 0.25) is 5.02 Å². The summed E-state index contributed by atoms with van der Waals surface area (Å²) in [5.41, 5.74) is 0.865. The monoisotopic (exact) mass is 571 g/mol. The summed E-state index contributed by atoms with van der Waals surface area (Å²) in [7, 11) is 0. The molecule has 0 bridgehead atoms. The lowest BCUT2D eigenvalue weighted by Gasteiger charge is -2.15. The average molecular weight is 573 g/mol. The van der Waals surface area contributed by atoms with Crippen molar-refractivity contribution in [1.29, 1.82) is 5.26 Å². The predicted molar refractivity (Wildman–Crippen MR) is 140 cm³/mol. The number of para-hydroxylation sites is 1. The molecule has 0 saturated heterocycles. The van der Waals surface area contributed by atoms with Gasteiger partial charge in [0.2, 0.25) is 0 Å². The predicted octanol–water partition coefficient (Wildman–Crippen LogP) is 6.20. The maximum Gasteiger partial charge on any atom is 0.266 e. The first-order valence-corrected chi connectivity index (χ1v) is 11.8. The van der Waals surface area contributed by atoms with Crippen molar-refractivity contribution in [2.75, 3.05) is 23.8 Å². The van der Waals surface area contributed by atoms with Gasteiger partial charge in [-0.15, -0.1) is 0 Å². The van der Waals surface area contributed by atoms with E-state index in [4.69, 9.17) is 21.1 Å². The highest BCUT2D eigenvalue weighted by Crippen LogP contribution is 2.37. The second-order valence-corrected chi connectivity index (χ2v) is 8.50. The first-order valence-electron chi connectivity index (χ1n) is 10.6. The zero-order valence-electron chi connectivity index (χ0n) is 19.0. The number of hydrogen-bond donors (Lipinski definition) is 2. The topological polar surface area (TPSA) is 100 Å². The second kappa shape index (κ2) is 12.7. The molecule has 0 aliphatic rings. The highest BCUT2D eigenvalue weighted by Gasteiger charge is 2.16. The van der Waals surface area contributed by atoms with E-state index in [1.807, 2.05) is 6.07 Å². The van der Waals surface area contributed by atoms with Crippen LogP contribution in [0.1, 0.15) is 12.5 Å². The summed E-state index contributed by atoms with van der Waals surface area (Å²) in [6.45, 7) is 1.65. The van der Waals surface area contributed by atoms with Crippen LogP contribution in [0.15, 0.2) is 70.7 Å². The Bertz CT molecular complexity index is 1340. The number of nitrogens with one attached hydrogen (secondary N) is 2. The summed E-state index contributed by atoms with van der Waals surface area (Å²) in [5.74, 6) is -1.20. The zero-order valence-corrected chi connectivity index (χ0v) is 21.3. The van der Waals surface area contributed by atoms with E-state index in [0.717, 1.165) is 0 Å². The lowest BCUT2D eigenvalue weighted by molar-refractivity contribution is -0.118. The smallest absolute Gasteiger partial charge is 0.266 e. The van der Waals surface area contributed by atoms with Crippen molar-refractivity contribution in [2.24, 2.45) is 0 Å². The number of benzene rings is 3. The van der Waals surface area contributed by atoms with E-state index in [1.54, 1.807) is 49.4 Å². The van der Waals surface area contributed by atoms with Crippen molar-refractivity contribution in [3.8, 4) is 17.6 Å². The lowest BCUT2D eigenvalue weighted by Crippen LogP contribution is -2.21. The van der Waals surface area contributed by atoms with Crippen LogP contribution in [0.4, 0.5) is 15.8 Å². The van der Waals surface area contributed by atoms with E-state index in [-0.39, 0.29) is 22.8 Å². The molecule has 2 amide bonds. The molecule has 0 heterocycles. The van der Waals surface area contributed by atoms with E-state index in [0.29, 0.717) is 27.4 Å². The minimum Gasteiger partial charge on any atom is -0.490 e. The third-order valence-electron chi connectivity index (χ3n) is 4.61. The quantitative estimate of drug-likeness (QED) is 0.235. The van der Waals surface area contributed by atoms with Crippen molar-refractivity contribution in [3.05, 3.63) is 87.1 Å². The molecule has 3 rings (SSSR count). The van der Waals surface area contributed by atoms with Gasteiger partial charge in [0.25, 0.3) is 11.8 Å². The summed E-state index contributed by atoms with van der Waals surface area (Å²) >= 11 is 9.24. The van der Waals surface area contributed by atoms with Crippen molar-refractivity contribution in [3.63, 3.8) is 0 Å². The third kappa shape index (κ3) is 7.31. The summed E-state index contributed by atoms with van der Waals surface area (Å²) in [6, 6.07) is 17.3. The van der Waals surface area contributed by atoms with E-state index >= 15 is 0 Å². The normalized spacial score (nSPS) is 10.8. The molecule has 36 heavy (non-hydrogen) atoms. The minimum atomic E-state index is -0.598. The maximum atomic E-state index is 13.8. The van der Waals surface area contributed by atoms with Gasteiger partial charge in [0.15, 0.2) is 18.1 Å². The molecule has 7 nitrogen and oxygen atoms in total. The molecule has 10 heteroatoms. The average Bonchev–Trinajstić information content (AvgIpc) is 2.85. The van der Waals surface area contributed by atoms with Crippen molar-refractivity contribution in [1.82, 2.24) is 0 Å². The molecule has 184 valence electrons. The molecule has 0 unspecified atom stereocenters. The molecule has 0 atom stereocenters. The lowest BCUT2D eigenvalue weighted by atomic mass is 10.1. The Balaban J connectivity index is 1.77. The van der Waals surface area contributed by atoms with Crippen LogP contribution in [0.5, 0.6) is 11.5 Å². The molecule has 0 aliphatic heterocycles. The van der Waals surface area contributed by atoms with Crippen LogP contribution in [-0.2, 0) is 9.59 Å². The Morgan fingerprint density at radius 3 is 2.50 bits per heavy atom. The molecule has 0 fully saturated rings. The molecule has 0 radical (unpaired) electrons. The standard InChI is InChI=1S/C26H20BrClFN3O4/c1-2-35-23-13-16(11-17(14-30)26(34)31-19-9-7-18(28)8-10-19)12-20(27)25(23)36-15-24(33)32-22-6-4-3-5-21(22)29/h3-13H,2,15H2,1H3,(H,31,34)(H,32,33)/b17-11-. The number of carbonyl (C=O) groups excluding carboxylic acids is 2. The third-order valence-corrected chi connectivity index (χ3v) is 5.45. The SMILES string of the molecule is CCOc1cc(/C=C(/C#N)C(=O)Nc2ccc(Cl)cc2)cc(Br)c1OCC(=O)Nc1ccccc1F. The Kier molecular flexibility index (Phi) is 9.45. The van der Waals surface area contributed by atoms with Crippen LogP contribution in [-0.4, -0.2) is 25.0 Å². The molecule has 3 aromatic carbocycles. The number of halogens is 3. The number of ether oxygens (including phenoxy) is 2. The van der Waals surface area contributed by atoms with E-state index in [2.05, 4.69) is 26.6 Å². The molecule has 0 saturated carbocycles. The van der Waals surface area contributed by atoms with Crippen LogP contribution in [0.25, 0.3) is 6.08 Å². The summed E-state index contributed by atoms with van der Waals surface area (Å²) in [5, 5.41) is 15.1. The molecule has 0 spiro atoms. The molecule has 0 aromatic heterocycles. The van der Waals surface area contributed by atoms with Gasteiger partial charge in [-0.05, 0) is 83.0 Å². The van der Waals surface area contributed by atoms with Crippen molar-refractivity contribution >= 4 is 56.8 Å². The number of carbonyl (C=O) groups is 2. The largest absolute Gasteiger partial charge is 0.490 e. The fraction of sp³-hybridized carbons (Fsp3) is 0.115. The van der Waals surface area contributed by atoms with Crippen LogP contribution in [0, 0.1) is 17.1 Å². The maximum absolute atomic E-state index is 13.8. The molecular formula is C26H20BrClFN3O4. The van der Waals surface area contributed by atoms with Gasteiger partial charge < -0.3 is 20.1 Å². The molecule has 0 aliphatic carbocycles. The van der Waals surface area contributed by atoms with Gasteiger partial charge in [0, 0.05) is 10.7 Å². The molecular weight excluding hydrogens is 553 g/mol. The second-order valence-electron chi connectivity index (χ2n) is 7.21. The Morgan fingerprint density at radius 2 is 1.83 bits per heavy atom. The van der Waals surface area contributed by atoms with E-state index < -0.39 is 24.2 Å². The number of nitrogens with zero attached hydrogens (tertiary/aromatic N) is 1. The summed E-state index contributed by atoms with van der Waals surface area (Å²) in [6.07, 6.45) is 1.40. The van der Waals surface area contributed by atoms with Crippen LogP contribution in [0.3, 0.4) is 0 Å². The molecule has 2 N–H and O–H groups in total. The van der Waals surface area contributed by atoms with Crippen molar-refractivity contribution in [2.45, 2.75) is 6.92 Å². The van der Waals surface area contributed by atoms with Gasteiger partial charge in [-0.2, -0.15) is 5.26 Å². The minimum absolute atomic E-state index is 0.0385. The van der Waals surface area contributed by atoms with Crippen LogP contribution >= 0.6 is 27.5 Å². The number of amides is 2. The number of nitriles is 1. The first-order chi connectivity index (χ1) is 17.3. The fourth-order valence-electron chi connectivity index (χ4n) is 3.01. The Morgan fingerprint density at radius 1 is 1.11 bits per heavy atom. The summed E-state index contributed by atoms with van der Waals surface area (Å²) < 4.78 is 25.5. The highest BCUT2D eigenvalue weighted by molar-refractivity contribution is 9.10. The highest BCUT2D eigenvalue weighted by atomic mass is 79.9.